The first-order valence-corrected chi connectivity index (χ1v) is 8.81. The van der Waals surface area contributed by atoms with Crippen molar-refractivity contribution in [3.05, 3.63) is 59.9 Å². The molecule has 4 aromatic rings. The summed E-state index contributed by atoms with van der Waals surface area (Å²) in [6, 6.07) is 10.3. The summed E-state index contributed by atoms with van der Waals surface area (Å²) >= 11 is 0. The Hall–Kier alpha value is -3.35. The Balaban J connectivity index is 1.69. The number of para-hydroxylation sites is 1. The second-order valence-corrected chi connectivity index (χ2v) is 6.71. The number of rotatable bonds is 4. The highest BCUT2D eigenvalue weighted by atomic mass is 19.1. The van der Waals surface area contributed by atoms with E-state index in [1.165, 1.54) is 6.07 Å². The van der Waals surface area contributed by atoms with Crippen molar-refractivity contribution in [1.29, 1.82) is 0 Å². The second-order valence-electron chi connectivity index (χ2n) is 6.71. The lowest BCUT2D eigenvalue weighted by molar-refractivity contribution is 0.423. The second kappa shape index (κ2) is 6.12. The van der Waals surface area contributed by atoms with Crippen LogP contribution in [0.3, 0.4) is 0 Å². The number of pyridine rings is 2. The van der Waals surface area contributed by atoms with E-state index >= 15 is 0 Å². The molecule has 0 aliphatic heterocycles. The number of anilines is 2. The Morgan fingerprint density at radius 3 is 2.78 bits per heavy atom. The first-order chi connectivity index (χ1) is 13.2. The van der Waals surface area contributed by atoms with E-state index in [4.69, 9.17) is 4.52 Å². The maximum absolute atomic E-state index is 14.2. The van der Waals surface area contributed by atoms with Crippen LogP contribution in [0, 0.1) is 12.7 Å². The predicted octanol–water partition coefficient (Wildman–Crippen LogP) is 4.75. The van der Waals surface area contributed by atoms with Crippen LogP contribution in [0.25, 0.3) is 22.5 Å². The van der Waals surface area contributed by atoms with E-state index in [2.05, 4.69) is 25.4 Å². The van der Waals surface area contributed by atoms with E-state index in [0.717, 1.165) is 23.9 Å². The van der Waals surface area contributed by atoms with Crippen LogP contribution in [0.4, 0.5) is 15.8 Å². The van der Waals surface area contributed by atoms with Gasteiger partial charge < -0.3 is 9.84 Å². The number of aromatic nitrogens is 4. The van der Waals surface area contributed by atoms with Gasteiger partial charge in [-0.2, -0.15) is 4.98 Å². The molecule has 3 aromatic heterocycles. The standard InChI is InChI=1S/C20H16FN5O/c1-11-6-9-13-17(24-16-5-3-2-4-15(16)21)14(10-22-19(13)23-11)20-25-18(26-27-20)12-7-8-12/h2-6,9-10,12H,7-8H2,1H3,(H,22,23,24). The summed E-state index contributed by atoms with van der Waals surface area (Å²) in [5, 5.41) is 8.01. The van der Waals surface area contributed by atoms with Crippen LogP contribution in [0.15, 0.2) is 47.1 Å². The van der Waals surface area contributed by atoms with E-state index in [9.17, 15) is 4.39 Å². The highest BCUT2D eigenvalue weighted by Crippen LogP contribution is 2.40. The number of hydrogen-bond donors (Lipinski definition) is 1. The fourth-order valence-electron chi connectivity index (χ4n) is 3.02. The van der Waals surface area contributed by atoms with Crippen molar-refractivity contribution in [1.82, 2.24) is 20.1 Å². The summed E-state index contributed by atoms with van der Waals surface area (Å²) in [7, 11) is 0. The zero-order valence-corrected chi connectivity index (χ0v) is 14.6. The van der Waals surface area contributed by atoms with Crippen LogP contribution in [0.1, 0.15) is 30.3 Å². The van der Waals surface area contributed by atoms with Gasteiger partial charge in [0.15, 0.2) is 11.5 Å². The topological polar surface area (TPSA) is 76.7 Å². The van der Waals surface area contributed by atoms with Crippen molar-refractivity contribution in [2.75, 3.05) is 5.32 Å². The number of hydrogen-bond acceptors (Lipinski definition) is 6. The molecule has 0 spiro atoms. The Kier molecular flexibility index (Phi) is 3.60. The number of nitrogens with one attached hydrogen (secondary N) is 1. The smallest absolute Gasteiger partial charge is 0.261 e. The maximum Gasteiger partial charge on any atom is 0.261 e. The SMILES string of the molecule is Cc1ccc2c(Nc3ccccc3F)c(-c3nc(C4CC4)no3)cnc2n1. The highest BCUT2D eigenvalue weighted by molar-refractivity contribution is 5.98. The normalized spacial score (nSPS) is 13.9. The zero-order chi connectivity index (χ0) is 18.4. The van der Waals surface area contributed by atoms with E-state index in [-0.39, 0.29) is 5.82 Å². The predicted molar refractivity (Wildman–Crippen MR) is 99.2 cm³/mol. The zero-order valence-electron chi connectivity index (χ0n) is 14.6. The van der Waals surface area contributed by atoms with Gasteiger partial charge in [-0.05, 0) is 44.0 Å². The summed E-state index contributed by atoms with van der Waals surface area (Å²) in [5.74, 6) is 1.11. The third kappa shape index (κ3) is 2.91. The van der Waals surface area contributed by atoms with Gasteiger partial charge in [0.1, 0.15) is 5.82 Å². The molecule has 3 heterocycles. The van der Waals surface area contributed by atoms with E-state index in [1.807, 2.05) is 19.1 Å². The molecule has 0 bridgehead atoms. The fourth-order valence-corrected chi connectivity index (χ4v) is 3.02. The molecule has 5 rings (SSSR count). The average molecular weight is 361 g/mol. The molecular weight excluding hydrogens is 345 g/mol. The lowest BCUT2D eigenvalue weighted by Crippen LogP contribution is -2.00. The Labute approximate surface area is 154 Å². The van der Waals surface area contributed by atoms with Gasteiger partial charge in [0.2, 0.25) is 0 Å². The molecule has 7 heteroatoms. The molecule has 0 unspecified atom stereocenters. The van der Waals surface area contributed by atoms with E-state index in [0.29, 0.717) is 40.2 Å². The Morgan fingerprint density at radius 1 is 1.11 bits per heavy atom. The number of aryl methyl sites for hydroxylation is 1. The van der Waals surface area contributed by atoms with Gasteiger partial charge in [-0.3, -0.25) is 0 Å². The largest absolute Gasteiger partial charge is 0.352 e. The van der Waals surface area contributed by atoms with Crippen LogP contribution in [0.2, 0.25) is 0 Å². The van der Waals surface area contributed by atoms with Crippen LogP contribution >= 0.6 is 0 Å². The van der Waals surface area contributed by atoms with Crippen molar-refractivity contribution >= 4 is 22.4 Å². The van der Waals surface area contributed by atoms with Crippen LogP contribution < -0.4 is 5.32 Å². The van der Waals surface area contributed by atoms with Crippen molar-refractivity contribution < 1.29 is 8.91 Å². The Bertz CT molecular complexity index is 1150. The van der Waals surface area contributed by atoms with Gasteiger partial charge >= 0.3 is 0 Å². The monoisotopic (exact) mass is 361 g/mol. The lowest BCUT2D eigenvalue weighted by Gasteiger charge is -2.13. The first-order valence-electron chi connectivity index (χ1n) is 8.81. The molecule has 0 amide bonds. The summed E-state index contributed by atoms with van der Waals surface area (Å²) in [4.78, 5) is 13.4. The number of nitrogens with zero attached hydrogens (tertiary/aromatic N) is 4. The molecule has 0 saturated heterocycles. The summed E-state index contributed by atoms with van der Waals surface area (Å²) in [6.45, 7) is 1.90. The third-order valence-corrected chi connectivity index (χ3v) is 4.62. The number of fused-ring (bicyclic) bond motifs is 1. The molecule has 1 aromatic carbocycles. The van der Waals surface area contributed by atoms with Crippen molar-refractivity contribution in [3.8, 4) is 11.5 Å². The third-order valence-electron chi connectivity index (χ3n) is 4.62. The van der Waals surface area contributed by atoms with Crippen molar-refractivity contribution in [3.63, 3.8) is 0 Å². The van der Waals surface area contributed by atoms with Crippen LogP contribution in [0.5, 0.6) is 0 Å². The molecule has 6 nitrogen and oxygen atoms in total. The van der Waals surface area contributed by atoms with Gasteiger partial charge in [-0.1, -0.05) is 17.3 Å². The summed E-state index contributed by atoms with van der Waals surface area (Å²) < 4.78 is 19.7. The fraction of sp³-hybridized carbons (Fsp3) is 0.200. The highest BCUT2D eigenvalue weighted by Gasteiger charge is 2.29. The molecular formula is C20H16FN5O. The maximum atomic E-state index is 14.2. The molecule has 134 valence electrons. The van der Waals surface area contributed by atoms with E-state index in [1.54, 1.807) is 24.4 Å². The number of halogens is 1. The van der Waals surface area contributed by atoms with Crippen LogP contribution in [-0.2, 0) is 0 Å². The summed E-state index contributed by atoms with van der Waals surface area (Å²) in [6.07, 6.45) is 3.80. The molecule has 1 aliphatic rings. The molecule has 1 saturated carbocycles. The molecule has 1 fully saturated rings. The van der Waals surface area contributed by atoms with Gasteiger partial charge in [-0.25, -0.2) is 14.4 Å². The molecule has 0 atom stereocenters. The minimum Gasteiger partial charge on any atom is -0.352 e. The van der Waals surface area contributed by atoms with Gasteiger partial charge in [0.25, 0.3) is 5.89 Å². The average Bonchev–Trinajstić information content (AvgIpc) is 3.41. The number of benzene rings is 1. The lowest BCUT2D eigenvalue weighted by atomic mass is 10.1. The van der Waals surface area contributed by atoms with E-state index < -0.39 is 0 Å². The minimum atomic E-state index is -0.349. The molecule has 1 aliphatic carbocycles. The van der Waals surface area contributed by atoms with Gasteiger partial charge in [0.05, 0.1) is 16.9 Å². The molecule has 0 radical (unpaired) electrons. The summed E-state index contributed by atoms with van der Waals surface area (Å²) in [5.41, 5.74) is 3.04. The van der Waals surface area contributed by atoms with Crippen molar-refractivity contribution in [2.24, 2.45) is 0 Å². The quantitative estimate of drug-likeness (QED) is 0.565. The van der Waals surface area contributed by atoms with Crippen molar-refractivity contribution in [2.45, 2.75) is 25.7 Å². The molecule has 1 N–H and O–H groups in total. The minimum absolute atomic E-state index is 0.349. The van der Waals surface area contributed by atoms with Gasteiger partial charge in [0, 0.05) is 23.2 Å². The Morgan fingerprint density at radius 2 is 1.96 bits per heavy atom. The van der Waals surface area contributed by atoms with Gasteiger partial charge in [-0.15, -0.1) is 0 Å². The first kappa shape index (κ1) is 15.9. The van der Waals surface area contributed by atoms with Crippen LogP contribution in [-0.4, -0.2) is 20.1 Å². The molecule has 27 heavy (non-hydrogen) atoms.